The van der Waals surface area contributed by atoms with Gasteiger partial charge in [-0.2, -0.15) is 4.98 Å². The molecule has 0 aliphatic heterocycles. The lowest BCUT2D eigenvalue weighted by molar-refractivity contribution is 0.262. The lowest BCUT2D eigenvalue weighted by atomic mass is 9.71. The molecule has 29 heavy (non-hydrogen) atoms. The number of rotatable bonds is 6. The minimum Gasteiger partial charge on any atom is -0.495 e. The van der Waals surface area contributed by atoms with E-state index >= 15 is 0 Å². The van der Waals surface area contributed by atoms with E-state index in [0.717, 1.165) is 30.2 Å². The molecule has 0 radical (unpaired) electrons. The highest BCUT2D eigenvalue weighted by Crippen LogP contribution is 2.47. The van der Waals surface area contributed by atoms with E-state index < -0.39 is 9.84 Å². The number of benzene rings is 2. The normalized spacial score (nSPS) is 19.0. The fraction of sp³-hybridized carbons (Fsp3) is 0.333. The molecule has 1 aliphatic carbocycles. The molecule has 0 spiro atoms. The summed E-state index contributed by atoms with van der Waals surface area (Å²) in [6.45, 7) is 0. The molecule has 1 saturated carbocycles. The van der Waals surface area contributed by atoms with Crippen molar-refractivity contribution in [2.75, 3.05) is 13.4 Å². The first-order valence-electron chi connectivity index (χ1n) is 9.28. The minimum absolute atomic E-state index is 0.149. The summed E-state index contributed by atoms with van der Waals surface area (Å²) < 4.78 is 47.6. The zero-order valence-electron chi connectivity index (χ0n) is 16.1. The van der Waals surface area contributed by atoms with Gasteiger partial charge in [0.05, 0.1) is 7.11 Å². The van der Waals surface area contributed by atoms with Crippen LogP contribution in [0.4, 0.5) is 4.39 Å². The Morgan fingerprint density at radius 2 is 1.97 bits per heavy atom. The van der Waals surface area contributed by atoms with Crippen molar-refractivity contribution in [3.63, 3.8) is 0 Å². The van der Waals surface area contributed by atoms with Crippen molar-refractivity contribution >= 4 is 9.84 Å². The van der Waals surface area contributed by atoms with Crippen LogP contribution in [-0.2, 0) is 16.3 Å². The van der Waals surface area contributed by atoms with Gasteiger partial charge in [0.15, 0.2) is 15.7 Å². The Morgan fingerprint density at radius 1 is 1.17 bits per heavy atom. The number of halogens is 1. The quantitative estimate of drug-likeness (QED) is 0.607. The number of sulfone groups is 1. The predicted octanol–water partition coefficient (Wildman–Crippen LogP) is 3.87. The Kier molecular flexibility index (Phi) is 5.12. The van der Waals surface area contributed by atoms with E-state index in [9.17, 15) is 12.8 Å². The maximum absolute atomic E-state index is 13.4. The van der Waals surface area contributed by atoms with Crippen LogP contribution in [0.25, 0.3) is 0 Å². The maximum Gasteiger partial charge on any atom is 0.229 e. The van der Waals surface area contributed by atoms with E-state index in [1.54, 1.807) is 24.3 Å². The van der Waals surface area contributed by atoms with Gasteiger partial charge < -0.3 is 9.26 Å². The Labute approximate surface area is 168 Å². The molecule has 1 aromatic heterocycles. The number of nitrogens with zero attached hydrogens (tertiary/aromatic N) is 2. The zero-order chi connectivity index (χ0) is 20.6. The summed E-state index contributed by atoms with van der Waals surface area (Å²) in [6.07, 6.45) is 3.25. The van der Waals surface area contributed by atoms with Crippen LogP contribution in [0, 0.1) is 5.82 Å². The lowest BCUT2D eigenvalue weighted by Crippen LogP contribution is -2.20. The zero-order valence-corrected chi connectivity index (χ0v) is 16.9. The third-order valence-electron chi connectivity index (χ3n) is 5.28. The number of hydrogen-bond acceptors (Lipinski definition) is 6. The fourth-order valence-electron chi connectivity index (χ4n) is 3.67. The van der Waals surface area contributed by atoms with E-state index in [1.807, 2.05) is 6.07 Å². The van der Waals surface area contributed by atoms with E-state index in [-0.39, 0.29) is 16.6 Å². The van der Waals surface area contributed by atoms with E-state index in [0.29, 0.717) is 29.8 Å². The van der Waals surface area contributed by atoms with E-state index in [1.165, 1.54) is 19.2 Å². The van der Waals surface area contributed by atoms with Crippen LogP contribution >= 0.6 is 0 Å². The number of hydrogen-bond donors (Lipinski definition) is 0. The molecule has 6 nitrogen and oxygen atoms in total. The molecule has 0 bridgehead atoms. The van der Waals surface area contributed by atoms with Crippen molar-refractivity contribution in [1.29, 1.82) is 0 Å². The smallest absolute Gasteiger partial charge is 0.229 e. The summed E-state index contributed by atoms with van der Waals surface area (Å²) in [5, 5.41) is 4.05. The second-order valence-electron chi connectivity index (χ2n) is 7.40. The second kappa shape index (κ2) is 7.59. The first kappa shape index (κ1) is 19.6. The molecule has 1 heterocycles. The van der Waals surface area contributed by atoms with E-state index in [2.05, 4.69) is 10.1 Å². The predicted molar refractivity (Wildman–Crippen MR) is 104 cm³/mol. The van der Waals surface area contributed by atoms with Crippen LogP contribution < -0.4 is 4.74 Å². The molecule has 0 N–H and O–H groups in total. The molecule has 4 rings (SSSR count). The summed E-state index contributed by atoms with van der Waals surface area (Å²) >= 11 is 0. The van der Waals surface area contributed by atoms with Gasteiger partial charge in [-0.3, -0.25) is 0 Å². The molecule has 2 aromatic carbocycles. The SMILES string of the molecule is COc1cc(Cc2noc(C3CC(c4cccc(F)c4)C3)n2)ccc1S(C)(=O)=O. The maximum atomic E-state index is 13.4. The van der Waals surface area contributed by atoms with Crippen LogP contribution in [0.1, 0.15) is 47.5 Å². The first-order chi connectivity index (χ1) is 13.8. The molecule has 0 amide bonds. The van der Waals surface area contributed by atoms with Gasteiger partial charge in [-0.15, -0.1) is 0 Å². The van der Waals surface area contributed by atoms with Crippen LogP contribution in [-0.4, -0.2) is 31.9 Å². The molecular formula is C21H21FN2O4S. The minimum atomic E-state index is -3.37. The molecule has 0 saturated heterocycles. The van der Waals surface area contributed by atoms with Gasteiger partial charge in [0.25, 0.3) is 0 Å². The molecule has 152 valence electrons. The van der Waals surface area contributed by atoms with Crippen LogP contribution in [0.5, 0.6) is 5.75 Å². The monoisotopic (exact) mass is 416 g/mol. The van der Waals surface area contributed by atoms with Crippen LogP contribution in [0.15, 0.2) is 51.9 Å². The fourth-order valence-corrected chi connectivity index (χ4v) is 4.49. The molecule has 8 heteroatoms. The Balaban J connectivity index is 1.43. The van der Waals surface area contributed by atoms with Crippen molar-refractivity contribution in [2.45, 2.75) is 36.0 Å². The van der Waals surface area contributed by atoms with Gasteiger partial charge in [0.2, 0.25) is 5.89 Å². The Hall–Kier alpha value is -2.74. The largest absolute Gasteiger partial charge is 0.495 e. The third-order valence-corrected chi connectivity index (χ3v) is 6.42. The van der Waals surface area contributed by atoms with Crippen molar-refractivity contribution in [1.82, 2.24) is 10.1 Å². The van der Waals surface area contributed by atoms with Gasteiger partial charge in [-0.1, -0.05) is 23.4 Å². The summed E-state index contributed by atoms with van der Waals surface area (Å²) in [7, 11) is -1.93. The summed E-state index contributed by atoms with van der Waals surface area (Å²) in [6, 6.07) is 11.6. The average molecular weight is 416 g/mol. The van der Waals surface area contributed by atoms with Gasteiger partial charge in [-0.05, 0) is 54.2 Å². The summed E-state index contributed by atoms with van der Waals surface area (Å²) in [5.41, 5.74) is 1.83. The average Bonchev–Trinajstić information content (AvgIpc) is 3.07. The third kappa shape index (κ3) is 4.17. The van der Waals surface area contributed by atoms with Crippen molar-refractivity contribution < 1.29 is 22.1 Å². The van der Waals surface area contributed by atoms with Crippen LogP contribution in [0.3, 0.4) is 0 Å². The first-order valence-corrected chi connectivity index (χ1v) is 11.2. The van der Waals surface area contributed by atoms with Crippen LogP contribution in [0.2, 0.25) is 0 Å². The highest BCUT2D eigenvalue weighted by Gasteiger charge is 2.35. The highest BCUT2D eigenvalue weighted by molar-refractivity contribution is 7.90. The highest BCUT2D eigenvalue weighted by atomic mass is 32.2. The topological polar surface area (TPSA) is 82.3 Å². The molecule has 1 aliphatic rings. The number of aromatic nitrogens is 2. The van der Waals surface area contributed by atoms with Gasteiger partial charge >= 0.3 is 0 Å². The molecule has 1 fully saturated rings. The van der Waals surface area contributed by atoms with Crippen molar-refractivity contribution in [3.05, 3.63) is 71.1 Å². The molecule has 0 atom stereocenters. The molecule has 3 aromatic rings. The van der Waals surface area contributed by atoms with E-state index in [4.69, 9.17) is 9.26 Å². The van der Waals surface area contributed by atoms with Crippen molar-refractivity contribution in [2.24, 2.45) is 0 Å². The second-order valence-corrected chi connectivity index (χ2v) is 9.39. The van der Waals surface area contributed by atoms with Gasteiger partial charge in [0, 0.05) is 18.6 Å². The Morgan fingerprint density at radius 3 is 2.66 bits per heavy atom. The summed E-state index contributed by atoms with van der Waals surface area (Å²) in [5.74, 6) is 1.68. The van der Waals surface area contributed by atoms with Crippen molar-refractivity contribution in [3.8, 4) is 5.75 Å². The van der Waals surface area contributed by atoms with Gasteiger partial charge in [0.1, 0.15) is 16.5 Å². The summed E-state index contributed by atoms with van der Waals surface area (Å²) in [4.78, 5) is 4.64. The number of methoxy groups -OCH3 is 1. The molecular weight excluding hydrogens is 395 g/mol. The number of ether oxygens (including phenoxy) is 1. The standard InChI is InChI=1S/C21H21FN2O4S/c1-27-18-8-13(6-7-19(18)29(2,25)26)9-20-23-21(28-24-20)16-10-15(11-16)14-4-3-5-17(22)12-14/h3-8,12,15-16H,9-11H2,1-2H3. The lowest BCUT2D eigenvalue weighted by Gasteiger charge is -2.33. The molecule has 0 unspecified atom stereocenters. The Bertz CT molecular complexity index is 1140. The van der Waals surface area contributed by atoms with Gasteiger partial charge in [-0.25, -0.2) is 12.8 Å².